The minimum absolute atomic E-state index is 0.0303. The molecule has 1 aromatic carbocycles. The first kappa shape index (κ1) is 25.2. The molecule has 186 valence electrons. The number of aromatic nitrogens is 2. The van der Waals surface area contributed by atoms with Gasteiger partial charge in [0.05, 0.1) is 17.8 Å². The first-order chi connectivity index (χ1) is 15.9. The molecule has 34 heavy (non-hydrogen) atoms. The Bertz CT molecular complexity index is 955. The van der Waals surface area contributed by atoms with Gasteiger partial charge in [-0.25, -0.2) is 9.97 Å². The summed E-state index contributed by atoms with van der Waals surface area (Å²) in [6.07, 6.45) is -5.24. The van der Waals surface area contributed by atoms with Crippen LogP contribution in [-0.4, -0.2) is 76.3 Å². The van der Waals surface area contributed by atoms with Crippen LogP contribution in [0.2, 0.25) is 5.02 Å². The zero-order valence-corrected chi connectivity index (χ0v) is 20.4. The molecule has 0 unspecified atom stereocenters. The van der Waals surface area contributed by atoms with Gasteiger partial charge in [-0.15, -0.1) is 0 Å². The van der Waals surface area contributed by atoms with E-state index >= 15 is 0 Å². The zero-order chi connectivity index (χ0) is 24.7. The number of β-amino-alcohol motifs (C(OH)–C–C–N with tert-alkyl or cyclic N) is 1. The minimum Gasteiger partial charge on any atom is -0.390 e. The molecule has 0 bridgehead atoms. The largest absolute Gasteiger partial charge is 0.433 e. The number of hydrogen-bond acceptors (Lipinski definition) is 6. The molecule has 1 aromatic heterocycles. The van der Waals surface area contributed by atoms with Gasteiger partial charge in [-0.3, -0.25) is 9.80 Å². The molecule has 0 amide bonds. The molecule has 2 aliphatic heterocycles. The summed E-state index contributed by atoms with van der Waals surface area (Å²) >= 11 is 5.97. The van der Waals surface area contributed by atoms with E-state index in [1.807, 2.05) is 45.0 Å². The van der Waals surface area contributed by atoms with Crippen molar-refractivity contribution >= 4 is 17.5 Å². The topological polar surface area (TPSA) is 55.7 Å². The number of nitrogens with zero attached hydrogens (tertiary/aromatic N) is 5. The van der Waals surface area contributed by atoms with Crippen molar-refractivity contribution in [1.29, 1.82) is 0 Å². The van der Waals surface area contributed by atoms with Crippen LogP contribution in [0.4, 0.5) is 19.1 Å². The zero-order valence-electron chi connectivity index (χ0n) is 19.7. The number of alkyl halides is 3. The van der Waals surface area contributed by atoms with E-state index < -0.39 is 23.4 Å². The third-order valence-electron chi connectivity index (χ3n) is 6.51. The molecule has 2 atom stereocenters. The van der Waals surface area contributed by atoms with E-state index in [0.29, 0.717) is 17.3 Å². The molecule has 2 aromatic rings. The summed E-state index contributed by atoms with van der Waals surface area (Å²) in [5.74, 6) is 0.0303. The minimum atomic E-state index is -4.56. The summed E-state index contributed by atoms with van der Waals surface area (Å²) in [6.45, 7) is 10.2. The van der Waals surface area contributed by atoms with Crippen LogP contribution in [0.25, 0.3) is 0 Å². The Kier molecular flexibility index (Phi) is 7.11. The van der Waals surface area contributed by atoms with Crippen molar-refractivity contribution in [3.8, 4) is 0 Å². The number of benzene rings is 1. The van der Waals surface area contributed by atoms with Gasteiger partial charge in [0.2, 0.25) is 5.95 Å². The Balaban J connectivity index is 1.42. The fourth-order valence-corrected chi connectivity index (χ4v) is 4.62. The number of aliphatic hydroxyl groups is 1. The number of aliphatic hydroxyl groups excluding tert-OH is 1. The summed E-state index contributed by atoms with van der Waals surface area (Å²) in [5, 5.41) is 11.5. The van der Waals surface area contributed by atoms with Crippen LogP contribution < -0.4 is 4.90 Å². The van der Waals surface area contributed by atoms with Gasteiger partial charge in [-0.1, -0.05) is 44.5 Å². The second-order valence-electron chi connectivity index (χ2n) is 10.2. The SMILES string of the molecule is CC(C)(C)c1cc(C(F)(F)F)nc(N2C[C@@H](O)[C@H](N3CCN(Cc4ccc(Cl)cc4)CC3)C2)n1. The van der Waals surface area contributed by atoms with Gasteiger partial charge in [-0.05, 0) is 23.8 Å². The van der Waals surface area contributed by atoms with E-state index in [4.69, 9.17) is 11.6 Å². The maximum absolute atomic E-state index is 13.5. The van der Waals surface area contributed by atoms with Gasteiger partial charge in [0.15, 0.2) is 0 Å². The van der Waals surface area contributed by atoms with Crippen LogP contribution in [0.1, 0.15) is 37.7 Å². The average molecular weight is 498 g/mol. The van der Waals surface area contributed by atoms with Crippen molar-refractivity contribution in [2.45, 2.75) is 51.1 Å². The van der Waals surface area contributed by atoms with Crippen LogP contribution >= 0.6 is 11.6 Å². The second kappa shape index (κ2) is 9.60. The molecule has 10 heteroatoms. The Hall–Kier alpha value is -1.94. The summed E-state index contributed by atoms with van der Waals surface area (Å²) in [4.78, 5) is 14.5. The molecule has 2 saturated heterocycles. The lowest BCUT2D eigenvalue weighted by Gasteiger charge is -2.38. The van der Waals surface area contributed by atoms with Crippen molar-refractivity contribution in [2.24, 2.45) is 0 Å². The van der Waals surface area contributed by atoms with Crippen LogP contribution in [0.3, 0.4) is 0 Å². The number of anilines is 1. The van der Waals surface area contributed by atoms with Gasteiger partial charge in [0.25, 0.3) is 0 Å². The predicted molar refractivity (Wildman–Crippen MR) is 126 cm³/mol. The summed E-state index contributed by atoms with van der Waals surface area (Å²) in [5.41, 5.74) is 0.0200. The Morgan fingerprint density at radius 2 is 1.59 bits per heavy atom. The van der Waals surface area contributed by atoms with E-state index in [9.17, 15) is 18.3 Å². The number of rotatable bonds is 4. The van der Waals surface area contributed by atoms with Gasteiger partial charge in [0.1, 0.15) is 5.69 Å². The molecule has 2 aliphatic rings. The highest BCUT2D eigenvalue weighted by Gasteiger charge is 2.40. The van der Waals surface area contributed by atoms with Crippen LogP contribution in [0, 0.1) is 0 Å². The monoisotopic (exact) mass is 497 g/mol. The number of halogens is 4. The maximum Gasteiger partial charge on any atom is 0.433 e. The van der Waals surface area contributed by atoms with Crippen LogP contribution in [0.5, 0.6) is 0 Å². The van der Waals surface area contributed by atoms with Crippen molar-refractivity contribution in [2.75, 3.05) is 44.2 Å². The maximum atomic E-state index is 13.5. The molecule has 0 spiro atoms. The van der Waals surface area contributed by atoms with Gasteiger partial charge in [-0.2, -0.15) is 13.2 Å². The standard InChI is InChI=1S/C24H31ClF3N5O/c1-23(2,3)20-12-21(24(26,27)28)30-22(29-20)33-14-18(19(34)15-33)32-10-8-31(9-11-32)13-16-4-6-17(25)7-5-16/h4-7,12,18-19,34H,8-11,13-15H2,1-3H3/t18-,19-/m1/s1. The number of piperazine rings is 1. The summed E-state index contributed by atoms with van der Waals surface area (Å²) in [6, 6.07) is 8.67. The normalized spacial score (nSPS) is 23.0. The van der Waals surface area contributed by atoms with E-state index in [1.54, 1.807) is 4.90 Å². The quantitative estimate of drug-likeness (QED) is 0.693. The fourth-order valence-electron chi connectivity index (χ4n) is 4.50. The molecule has 1 N–H and O–H groups in total. The van der Waals surface area contributed by atoms with Crippen molar-refractivity contribution < 1.29 is 18.3 Å². The molecule has 6 nitrogen and oxygen atoms in total. The van der Waals surface area contributed by atoms with E-state index in [0.717, 1.165) is 38.8 Å². The van der Waals surface area contributed by atoms with E-state index in [-0.39, 0.29) is 18.5 Å². The molecular formula is C24H31ClF3N5O. The Labute approximate surface area is 203 Å². The molecule has 0 saturated carbocycles. The fraction of sp³-hybridized carbons (Fsp3) is 0.583. The lowest BCUT2D eigenvalue weighted by molar-refractivity contribution is -0.141. The van der Waals surface area contributed by atoms with Gasteiger partial charge < -0.3 is 10.0 Å². The Morgan fingerprint density at radius 3 is 2.18 bits per heavy atom. The molecule has 2 fully saturated rings. The predicted octanol–water partition coefficient (Wildman–Crippen LogP) is 3.81. The van der Waals surface area contributed by atoms with Crippen molar-refractivity contribution in [3.05, 3.63) is 52.3 Å². The second-order valence-corrected chi connectivity index (χ2v) is 10.6. The van der Waals surface area contributed by atoms with Gasteiger partial charge >= 0.3 is 6.18 Å². The summed E-state index contributed by atoms with van der Waals surface area (Å²) in [7, 11) is 0. The van der Waals surface area contributed by atoms with E-state index in [1.165, 1.54) is 5.56 Å². The first-order valence-electron chi connectivity index (χ1n) is 11.5. The number of hydrogen-bond donors (Lipinski definition) is 1. The Morgan fingerprint density at radius 1 is 0.971 bits per heavy atom. The van der Waals surface area contributed by atoms with Crippen LogP contribution in [0.15, 0.2) is 30.3 Å². The van der Waals surface area contributed by atoms with E-state index in [2.05, 4.69) is 19.8 Å². The highest BCUT2D eigenvalue weighted by atomic mass is 35.5. The van der Waals surface area contributed by atoms with Crippen molar-refractivity contribution in [3.63, 3.8) is 0 Å². The average Bonchev–Trinajstić information content (AvgIpc) is 3.16. The lowest BCUT2D eigenvalue weighted by Crippen LogP contribution is -2.53. The summed E-state index contributed by atoms with van der Waals surface area (Å²) < 4.78 is 40.5. The van der Waals surface area contributed by atoms with Gasteiger partial charge in [0, 0.05) is 56.3 Å². The highest BCUT2D eigenvalue weighted by molar-refractivity contribution is 6.30. The third-order valence-corrected chi connectivity index (χ3v) is 6.76. The smallest absolute Gasteiger partial charge is 0.390 e. The lowest BCUT2D eigenvalue weighted by atomic mass is 9.91. The molecular weight excluding hydrogens is 467 g/mol. The third kappa shape index (κ3) is 5.82. The molecule has 0 aliphatic carbocycles. The molecule has 3 heterocycles. The van der Waals surface area contributed by atoms with Crippen LogP contribution in [-0.2, 0) is 18.1 Å². The highest BCUT2D eigenvalue weighted by Crippen LogP contribution is 2.33. The first-order valence-corrected chi connectivity index (χ1v) is 11.9. The molecule has 0 radical (unpaired) electrons. The van der Waals surface area contributed by atoms with Crippen molar-refractivity contribution in [1.82, 2.24) is 19.8 Å². The molecule has 4 rings (SSSR count).